The summed E-state index contributed by atoms with van der Waals surface area (Å²) in [4.78, 5) is 0. The molecule has 2 aliphatic heterocycles. The molecule has 0 aliphatic carbocycles. The van der Waals surface area contributed by atoms with Crippen LogP contribution in [0.15, 0.2) is 16.6 Å². The van der Waals surface area contributed by atoms with Gasteiger partial charge in [0.05, 0.1) is 12.7 Å². The van der Waals surface area contributed by atoms with Crippen molar-refractivity contribution in [2.75, 3.05) is 13.1 Å². The highest BCUT2D eigenvalue weighted by Crippen LogP contribution is 2.40. The van der Waals surface area contributed by atoms with E-state index in [0.717, 1.165) is 28.1 Å². The lowest BCUT2D eigenvalue weighted by Gasteiger charge is -2.29. The molecule has 15 heavy (non-hydrogen) atoms. The van der Waals surface area contributed by atoms with Gasteiger partial charge in [0.15, 0.2) is 0 Å². The van der Waals surface area contributed by atoms with E-state index in [1.54, 1.807) is 0 Å². The van der Waals surface area contributed by atoms with Crippen LogP contribution in [0, 0.1) is 0 Å². The topological polar surface area (TPSA) is 21.3 Å². The predicted molar refractivity (Wildman–Crippen MR) is 63.3 cm³/mol. The molecular weight excluding hydrogens is 277 g/mol. The van der Waals surface area contributed by atoms with Gasteiger partial charge in [0, 0.05) is 34.1 Å². The summed E-state index contributed by atoms with van der Waals surface area (Å²) in [6.45, 7) is 2.57. The average molecular weight is 289 g/mol. The van der Waals surface area contributed by atoms with Gasteiger partial charge in [-0.05, 0) is 17.7 Å². The van der Waals surface area contributed by atoms with Gasteiger partial charge in [-0.15, -0.1) is 0 Å². The standard InChI is InChI=1S/C11H11BrClNO/c12-8-1-2-9(13)7-5-15-10-4-14-3-6(10)11(7)8/h1-2,6,10,14H,3-5H2. The fourth-order valence-electron chi connectivity index (χ4n) is 2.47. The van der Waals surface area contributed by atoms with Crippen LogP contribution in [0.4, 0.5) is 0 Å². The van der Waals surface area contributed by atoms with Crippen LogP contribution in [0.25, 0.3) is 0 Å². The Balaban J connectivity index is 2.16. The molecule has 1 N–H and O–H groups in total. The molecule has 0 spiro atoms. The minimum Gasteiger partial charge on any atom is -0.371 e. The summed E-state index contributed by atoms with van der Waals surface area (Å²) in [5.74, 6) is 0.446. The van der Waals surface area contributed by atoms with Crippen LogP contribution in [0.3, 0.4) is 0 Å². The van der Waals surface area contributed by atoms with Gasteiger partial charge in [-0.1, -0.05) is 27.5 Å². The minimum atomic E-state index is 0.312. The zero-order valence-corrected chi connectivity index (χ0v) is 10.4. The zero-order chi connectivity index (χ0) is 10.4. The highest BCUT2D eigenvalue weighted by atomic mass is 79.9. The van der Waals surface area contributed by atoms with Gasteiger partial charge in [0.1, 0.15) is 0 Å². The third-order valence-corrected chi connectivity index (χ3v) is 4.26. The lowest BCUT2D eigenvalue weighted by atomic mass is 9.90. The molecule has 80 valence electrons. The Morgan fingerprint density at radius 2 is 2.27 bits per heavy atom. The average Bonchev–Trinajstić information content (AvgIpc) is 2.70. The maximum Gasteiger partial charge on any atom is 0.0785 e. The summed E-state index contributed by atoms with van der Waals surface area (Å²) in [6.07, 6.45) is 0.312. The number of halogens is 2. The fraction of sp³-hybridized carbons (Fsp3) is 0.455. The van der Waals surface area contributed by atoms with Crippen LogP contribution in [0.2, 0.25) is 5.02 Å². The smallest absolute Gasteiger partial charge is 0.0785 e. The minimum absolute atomic E-state index is 0.312. The van der Waals surface area contributed by atoms with E-state index in [1.807, 2.05) is 12.1 Å². The quantitative estimate of drug-likeness (QED) is 0.792. The van der Waals surface area contributed by atoms with E-state index in [1.165, 1.54) is 5.56 Å². The third-order valence-electron chi connectivity index (χ3n) is 3.22. The van der Waals surface area contributed by atoms with Crippen molar-refractivity contribution in [3.8, 4) is 0 Å². The van der Waals surface area contributed by atoms with Crippen molar-refractivity contribution in [2.24, 2.45) is 0 Å². The van der Waals surface area contributed by atoms with Crippen LogP contribution in [0.5, 0.6) is 0 Å². The molecule has 2 heterocycles. The first kappa shape index (κ1) is 10.1. The van der Waals surface area contributed by atoms with Crippen LogP contribution < -0.4 is 5.32 Å². The van der Waals surface area contributed by atoms with Gasteiger partial charge in [-0.2, -0.15) is 0 Å². The van der Waals surface area contributed by atoms with E-state index in [4.69, 9.17) is 16.3 Å². The fourth-order valence-corrected chi connectivity index (χ4v) is 3.35. The molecule has 0 radical (unpaired) electrons. The van der Waals surface area contributed by atoms with E-state index in [0.29, 0.717) is 18.6 Å². The van der Waals surface area contributed by atoms with E-state index in [-0.39, 0.29) is 0 Å². The Morgan fingerprint density at radius 3 is 3.13 bits per heavy atom. The molecule has 3 rings (SSSR count). The number of hydrogen-bond acceptors (Lipinski definition) is 2. The summed E-state index contributed by atoms with van der Waals surface area (Å²) >= 11 is 9.79. The number of hydrogen-bond donors (Lipinski definition) is 1. The van der Waals surface area contributed by atoms with Crippen molar-refractivity contribution < 1.29 is 4.74 Å². The number of ether oxygens (including phenoxy) is 1. The summed E-state index contributed by atoms with van der Waals surface area (Å²) in [6, 6.07) is 3.96. The van der Waals surface area contributed by atoms with Crippen molar-refractivity contribution >= 4 is 27.5 Å². The SMILES string of the molecule is Clc1ccc(Br)c2c1COC1CNCC21. The molecule has 1 aromatic carbocycles. The zero-order valence-electron chi connectivity index (χ0n) is 8.09. The van der Waals surface area contributed by atoms with Crippen molar-refractivity contribution in [1.29, 1.82) is 0 Å². The third kappa shape index (κ3) is 1.53. The summed E-state index contributed by atoms with van der Waals surface area (Å²) in [7, 11) is 0. The van der Waals surface area contributed by atoms with E-state index in [2.05, 4.69) is 21.2 Å². The van der Waals surface area contributed by atoms with Gasteiger partial charge < -0.3 is 10.1 Å². The Morgan fingerprint density at radius 1 is 1.40 bits per heavy atom. The van der Waals surface area contributed by atoms with Crippen LogP contribution in [-0.4, -0.2) is 19.2 Å². The molecule has 2 nitrogen and oxygen atoms in total. The molecule has 2 atom stereocenters. The maximum atomic E-state index is 6.18. The summed E-state index contributed by atoms with van der Waals surface area (Å²) in [5, 5.41) is 4.18. The molecule has 1 saturated heterocycles. The summed E-state index contributed by atoms with van der Waals surface area (Å²) in [5.41, 5.74) is 2.49. The Labute approximate surface area is 102 Å². The Kier molecular flexibility index (Phi) is 2.51. The van der Waals surface area contributed by atoms with Gasteiger partial charge >= 0.3 is 0 Å². The Bertz CT molecular complexity index is 410. The molecule has 1 aromatic rings. The van der Waals surface area contributed by atoms with Crippen LogP contribution in [0.1, 0.15) is 17.0 Å². The maximum absolute atomic E-state index is 6.18. The van der Waals surface area contributed by atoms with Crippen molar-refractivity contribution in [3.63, 3.8) is 0 Å². The largest absolute Gasteiger partial charge is 0.371 e. The van der Waals surface area contributed by atoms with Crippen molar-refractivity contribution in [1.82, 2.24) is 5.32 Å². The van der Waals surface area contributed by atoms with Gasteiger partial charge in [0.2, 0.25) is 0 Å². The molecule has 4 heteroatoms. The molecule has 2 aliphatic rings. The van der Waals surface area contributed by atoms with Gasteiger partial charge in [-0.25, -0.2) is 0 Å². The number of nitrogens with one attached hydrogen (secondary N) is 1. The monoisotopic (exact) mass is 287 g/mol. The van der Waals surface area contributed by atoms with E-state index in [9.17, 15) is 0 Å². The van der Waals surface area contributed by atoms with Crippen molar-refractivity contribution in [3.05, 3.63) is 32.8 Å². The van der Waals surface area contributed by atoms with E-state index < -0.39 is 0 Å². The number of fused-ring (bicyclic) bond motifs is 3. The Hall–Kier alpha value is -0.0900. The van der Waals surface area contributed by atoms with Gasteiger partial charge in [-0.3, -0.25) is 0 Å². The second kappa shape index (κ2) is 3.74. The summed E-state index contributed by atoms with van der Waals surface area (Å²) < 4.78 is 6.95. The van der Waals surface area contributed by atoms with Crippen LogP contribution in [-0.2, 0) is 11.3 Å². The van der Waals surface area contributed by atoms with E-state index >= 15 is 0 Å². The number of rotatable bonds is 0. The molecule has 0 saturated carbocycles. The highest BCUT2D eigenvalue weighted by molar-refractivity contribution is 9.10. The lowest BCUT2D eigenvalue weighted by Crippen LogP contribution is -2.27. The number of benzene rings is 1. The first-order valence-corrected chi connectivity index (χ1v) is 6.23. The molecule has 2 unspecified atom stereocenters. The van der Waals surface area contributed by atoms with Crippen LogP contribution >= 0.6 is 27.5 Å². The van der Waals surface area contributed by atoms with Gasteiger partial charge in [0.25, 0.3) is 0 Å². The highest BCUT2D eigenvalue weighted by Gasteiger charge is 2.36. The molecule has 1 fully saturated rings. The molecule has 0 amide bonds. The predicted octanol–water partition coefficient (Wildman–Crippen LogP) is 2.69. The van der Waals surface area contributed by atoms with Crippen molar-refractivity contribution in [2.45, 2.75) is 18.6 Å². The molecule has 0 aromatic heterocycles. The molecule has 0 bridgehead atoms. The first-order chi connectivity index (χ1) is 7.27. The lowest BCUT2D eigenvalue weighted by molar-refractivity contribution is 0.0297. The second-order valence-corrected chi connectivity index (χ2v) is 5.30. The first-order valence-electron chi connectivity index (χ1n) is 5.06. The second-order valence-electron chi connectivity index (χ2n) is 4.04. The molecular formula is C11H11BrClNO. The normalized spacial score (nSPS) is 28.7.